The first-order valence-corrected chi connectivity index (χ1v) is 13.6. The van der Waals surface area contributed by atoms with Gasteiger partial charge in [0.25, 0.3) is 0 Å². The molecule has 0 saturated carbocycles. The van der Waals surface area contributed by atoms with E-state index in [0.29, 0.717) is 57.3 Å². The highest BCUT2D eigenvalue weighted by Crippen LogP contribution is 2.41. The number of nitrogens with zero attached hydrogens (tertiary/aromatic N) is 3. The van der Waals surface area contributed by atoms with Gasteiger partial charge in [-0.3, -0.25) is 0 Å². The minimum atomic E-state index is -4.40. The maximum absolute atomic E-state index is 13.5. The number of benzene rings is 2. The van der Waals surface area contributed by atoms with Crippen LogP contribution in [0, 0.1) is 0 Å². The second-order valence-electron chi connectivity index (χ2n) is 9.67. The van der Waals surface area contributed by atoms with Gasteiger partial charge in [0.15, 0.2) is 0 Å². The number of likely N-dealkylation sites (tertiary alicyclic amines) is 1. The van der Waals surface area contributed by atoms with E-state index in [9.17, 15) is 18.0 Å². The van der Waals surface area contributed by atoms with Crippen LogP contribution in [0.5, 0.6) is 11.5 Å². The normalized spacial score (nSPS) is 20.1. The highest BCUT2D eigenvalue weighted by molar-refractivity contribution is 7.10. The molecule has 208 valence electrons. The fourth-order valence-corrected chi connectivity index (χ4v) is 6.11. The summed E-state index contributed by atoms with van der Waals surface area (Å²) in [6.07, 6.45) is -3.73. The zero-order valence-corrected chi connectivity index (χ0v) is 22.6. The Kier molecular flexibility index (Phi) is 7.99. The van der Waals surface area contributed by atoms with E-state index in [-0.39, 0.29) is 17.9 Å². The van der Waals surface area contributed by atoms with Gasteiger partial charge in [0, 0.05) is 49.0 Å². The topological polar surface area (TPSA) is 64.1 Å². The van der Waals surface area contributed by atoms with E-state index < -0.39 is 11.7 Å². The van der Waals surface area contributed by atoms with Crippen molar-refractivity contribution in [1.82, 2.24) is 14.8 Å². The van der Waals surface area contributed by atoms with Crippen LogP contribution in [-0.4, -0.2) is 74.4 Å². The number of carbonyl (C=O) groups is 1. The van der Waals surface area contributed by atoms with Crippen LogP contribution in [0.25, 0.3) is 11.3 Å². The molecule has 2 saturated heterocycles. The first-order chi connectivity index (χ1) is 18.8. The molecule has 3 heterocycles. The van der Waals surface area contributed by atoms with Gasteiger partial charge in [0.05, 0.1) is 43.7 Å². The lowest BCUT2D eigenvalue weighted by molar-refractivity contribution is -0.137. The molecular formula is C28H30F3N3O4S. The summed E-state index contributed by atoms with van der Waals surface area (Å²) in [5, 5.41) is 2.83. The molecule has 5 rings (SSSR count). The Hall–Kier alpha value is -3.31. The van der Waals surface area contributed by atoms with Gasteiger partial charge in [-0.15, -0.1) is 11.3 Å². The molecule has 2 aliphatic rings. The van der Waals surface area contributed by atoms with E-state index in [1.807, 2.05) is 28.5 Å². The van der Waals surface area contributed by atoms with Crippen LogP contribution in [-0.2, 0) is 10.9 Å². The molecule has 0 radical (unpaired) electrons. The molecule has 2 aromatic carbocycles. The number of amides is 2. The number of ether oxygens (including phenoxy) is 3. The number of methoxy groups -OCH3 is 2. The van der Waals surface area contributed by atoms with Crippen molar-refractivity contribution < 1.29 is 32.2 Å². The Morgan fingerprint density at radius 1 is 1.00 bits per heavy atom. The summed E-state index contributed by atoms with van der Waals surface area (Å²) in [6.45, 7) is 2.92. The van der Waals surface area contributed by atoms with Gasteiger partial charge < -0.3 is 24.0 Å². The number of piperidine rings is 1. The number of hydrogen-bond acceptors (Lipinski definition) is 6. The smallest absolute Gasteiger partial charge is 0.416 e. The van der Waals surface area contributed by atoms with E-state index in [1.54, 1.807) is 19.1 Å². The Labute approximate surface area is 229 Å². The van der Waals surface area contributed by atoms with Crippen molar-refractivity contribution in [2.24, 2.45) is 0 Å². The number of morpholine rings is 1. The monoisotopic (exact) mass is 561 g/mol. The van der Waals surface area contributed by atoms with Crippen LogP contribution in [0.2, 0.25) is 0 Å². The van der Waals surface area contributed by atoms with Crippen molar-refractivity contribution in [2.45, 2.75) is 24.4 Å². The SMILES string of the molecule is COc1ccc(OC)c(-c2csc(C3CC(c4ccc(C(F)(F)F)cc4)CN(C(=O)N4CCOCC4)C3)n2)c1. The Balaban J connectivity index is 1.44. The molecule has 0 bridgehead atoms. The Bertz CT molecular complexity index is 1290. The molecule has 11 heteroatoms. The number of halogens is 3. The van der Waals surface area contributed by atoms with E-state index in [1.165, 1.54) is 23.5 Å². The fourth-order valence-electron chi connectivity index (χ4n) is 5.19. The standard InChI is InChI=1S/C28H30F3N3O4S/c1-36-22-7-8-25(37-2)23(14-22)24-17-39-26(32-24)20-13-19(18-3-5-21(6-4-18)28(29,30)31)15-34(16-20)27(35)33-9-11-38-12-10-33/h3-8,14,17,19-20H,9-13,15-16H2,1-2H3. The minimum absolute atomic E-state index is 0.0774. The average molecular weight is 562 g/mol. The molecule has 1 aromatic heterocycles. The summed E-state index contributed by atoms with van der Waals surface area (Å²) in [5.41, 5.74) is 1.64. The Morgan fingerprint density at radius 2 is 1.72 bits per heavy atom. The lowest BCUT2D eigenvalue weighted by Crippen LogP contribution is -2.52. The molecule has 2 atom stereocenters. The van der Waals surface area contributed by atoms with Crippen LogP contribution in [0.1, 0.15) is 34.4 Å². The van der Waals surface area contributed by atoms with Gasteiger partial charge in [-0.1, -0.05) is 12.1 Å². The van der Waals surface area contributed by atoms with Crippen LogP contribution in [0.4, 0.5) is 18.0 Å². The number of rotatable bonds is 5. The van der Waals surface area contributed by atoms with Gasteiger partial charge in [-0.05, 0) is 42.3 Å². The van der Waals surface area contributed by atoms with Crippen molar-refractivity contribution in [3.8, 4) is 22.8 Å². The molecule has 2 aliphatic heterocycles. The van der Waals surface area contributed by atoms with Crippen molar-refractivity contribution in [1.29, 1.82) is 0 Å². The molecule has 3 aromatic rings. The maximum atomic E-state index is 13.5. The van der Waals surface area contributed by atoms with Crippen molar-refractivity contribution >= 4 is 17.4 Å². The van der Waals surface area contributed by atoms with Gasteiger partial charge in [0.2, 0.25) is 0 Å². The second kappa shape index (κ2) is 11.4. The Morgan fingerprint density at radius 3 is 2.38 bits per heavy atom. The maximum Gasteiger partial charge on any atom is 0.416 e. The molecule has 0 spiro atoms. The summed E-state index contributed by atoms with van der Waals surface area (Å²) in [4.78, 5) is 22.0. The minimum Gasteiger partial charge on any atom is -0.497 e. The van der Waals surface area contributed by atoms with Crippen LogP contribution < -0.4 is 9.47 Å². The predicted molar refractivity (Wildman–Crippen MR) is 142 cm³/mol. The molecule has 2 unspecified atom stereocenters. The molecule has 7 nitrogen and oxygen atoms in total. The number of carbonyl (C=O) groups excluding carboxylic acids is 1. The highest BCUT2D eigenvalue weighted by atomic mass is 32.1. The summed E-state index contributed by atoms with van der Waals surface area (Å²) in [6, 6.07) is 10.7. The third-order valence-electron chi connectivity index (χ3n) is 7.27. The predicted octanol–water partition coefficient (Wildman–Crippen LogP) is 5.87. The highest BCUT2D eigenvalue weighted by Gasteiger charge is 2.36. The van der Waals surface area contributed by atoms with Gasteiger partial charge in [-0.2, -0.15) is 13.2 Å². The lowest BCUT2D eigenvalue weighted by Gasteiger charge is -2.40. The number of alkyl halides is 3. The molecular weight excluding hydrogens is 531 g/mol. The van der Waals surface area contributed by atoms with Gasteiger partial charge in [-0.25, -0.2) is 9.78 Å². The first-order valence-electron chi connectivity index (χ1n) is 12.7. The van der Waals surface area contributed by atoms with E-state index in [4.69, 9.17) is 19.2 Å². The van der Waals surface area contributed by atoms with E-state index in [0.717, 1.165) is 34.0 Å². The number of urea groups is 1. The molecule has 2 amide bonds. The first kappa shape index (κ1) is 27.3. The van der Waals surface area contributed by atoms with Crippen LogP contribution >= 0.6 is 11.3 Å². The number of aromatic nitrogens is 1. The lowest BCUT2D eigenvalue weighted by atomic mass is 9.84. The zero-order valence-electron chi connectivity index (χ0n) is 21.7. The summed E-state index contributed by atoms with van der Waals surface area (Å²) < 4.78 is 55.8. The van der Waals surface area contributed by atoms with Gasteiger partial charge >= 0.3 is 12.2 Å². The quantitative estimate of drug-likeness (QED) is 0.390. The number of hydrogen-bond donors (Lipinski definition) is 0. The van der Waals surface area contributed by atoms with Crippen LogP contribution in [0.3, 0.4) is 0 Å². The fraction of sp³-hybridized carbons (Fsp3) is 0.429. The van der Waals surface area contributed by atoms with Crippen molar-refractivity contribution in [3.05, 3.63) is 64.0 Å². The van der Waals surface area contributed by atoms with Crippen LogP contribution in [0.15, 0.2) is 47.8 Å². The largest absolute Gasteiger partial charge is 0.497 e. The molecule has 0 N–H and O–H groups in total. The second-order valence-corrected chi connectivity index (χ2v) is 10.6. The van der Waals surface area contributed by atoms with E-state index >= 15 is 0 Å². The number of thiazole rings is 1. The molecule has 2 fully saturated rings. The summed E-state index contributed by atoms with van der Waals surface area (Å²) in [7, 11) is 3.20. The third-order valence-corrected chi connectivity index (χ3v) is 8.27. The van der Waals surface area contributed by atoms with E-state index in [2.05, 4.69) is 0 Å². The van der Waals surface area contributed by atoms with Crippen molar-refractivity contribution in [2.75, 3.05) is 53.6 Å². The average Bonchev–Trinajstić information content (AvgIpc) is 3.46. The zero-order chi connectivity index (χ0) is 27.6. The van der Waals surface area contributed by atoms with Gasteiger partial charge in [0.1, 0.15) is 11.5 Å². The third kappa shape index (κ3) is 5.99. The molecule has 39 heavy (non-hydrogen) atoms. The molecule has 0 aliphatic carbocycles. The summed E-state index contributed by atoms with van der Waals surface area (Å²) in [5.74, 6) is 1.15. The van der Waals surface area contributed by atoms with Crippen molar-refractivity contribution in [3.63, 3.8) is 0 Å². The summed E-state index contributed by atoms with van der Waals surface area (Å²) >= 11 is 1.51.